The van der Waals surface area contributed by atoms with Gasteiger partial charge in [0.1, 0.15) is 5.75 Å². The van der Waals surface area contributed by atoms with Gasteiger partial charge in [-0.2, -0.15) is 0 Å². The molecule has 0 aromatic heterocycles. The van der Waals surface area contributed by atoms with Crippen LogP contribution in [0, 0.1) is 11.3 Å². The van der Waals surface area contributed by atoms with Crippen molar-refractivity contribution in [2.75, 3.05) is 6.61 Å². The first kappa shape index (κ1) is 24.9. The summed E-state index contributed by atoms with van der Waals surface area (Å²) < 4.78 is 6.34. The summed E-state index contributed by atoms with van der Waals surface area (Å²) in [6, 6.07) is 14.1. The van der Waals surface area contributed by atoms with Crippen LogP contribution in [-0.4, -0.2) is 6.61 Å². The predicted octanol–water partition coefficient (Wildman–Crippen LogP) is 9.37. The van der Waals surface area contributed by atoms with Crippen LogP contribution in [0.5, 0.6) is 5.75 Å². The third-order valence-electron chi connectivity index (χ3n) is 8.54. The first-order chi connectivity index (χ1) is 15.5. The molecule has 1 saturated carbocycles. The molecule has 0 spiro atoms. The van der Waals surface area contributed by atoms with Gasteiger partial charge < -0.3 is 4.74 Å². The van der Waals surface area contributed by atoms with E-state index in [-0.39, 0.29) is 0 Å². The lowest BCUT2D eigenvalue weighted by Gasteiger charge is -2.30. The van der Waals surface area contributed by atoms with E-state index in [4.69, 9.17) is 4.74 Å². The molecule has 0 aliphatic heterocycles. The molecule has 0 saturated heterocycles. The summed E-state index contributed by atoms with van der Waals surface area (Å²) >= 11 is 0. The van der Waals surface area contributed by atoms with Crippen molar-refractivity contribution in [2.24, 2.45) is 11.3 Å². The lowest BCUT2D eigenvalue weighted by Crippen LogP contribution is -2.26. The summed E-state index contributed by atoms with van der Waals surface area (Å²) in [4.78, 5) is 0. The van der Waals surface area contributed by atoms with Crippen LogP contribution < -0.4 is 4.74 Å². The van der Waals surface area contributed by atoms with E-state index < -0.39 is 0 Å². The second kappa shape index (κ2) is 11.4. The smallest absolute Gasteiger partial charge is 0.119 e. The van der Waals surface area contributed by atoms with Crippen molar-refractivity contribution >= 4 is 0 Å². The standard InChI is InChI=1S/C31H46O/c1-7-24-20-27(26-14-12-23(6)13-15-26)16-18-29(24)30-19-17-28(21-25(30)8-2)32-22-31(9-3,10-4)11-5/h16-21,23,26H,7-15,22H2,1-6H3. The Morgan fingerprint density at radius 2 is 1.31 bits per heavy atom. The topological polar surface area (TPSA) is 9.23 Å². The van der Waals surface area contributed by atoms with Crippen molar-refractivity contribution in [3.8, 4) is 16.9 Å². The average Bonchev–Trinajstić information content (AvgIpc) is 2.85. The van der Waals surface area contributed by atoms with Gasteiger partial charge in [0.05, 0.1) is 6.61 Å². The Bertz CT molecular complexity index is 844. The van der Waals surface area contributed by atoms with Gasteiger partial charge in [-0.05, 0) is 96.7 Å². The van der Waals surface area contributed by atoms with Crippen molar-refractivity contribution in [1.29, 1.82) is 0 Å². The molecule has 2 aromatic carbocycles. The minimum Gasteiger partial charge on any atom is -0.493 e. The van der Waals surface area contributed by atoms with E-state index in [1.165, 1.54) is 67.2 Å². The van der Waals surface area contributed by atoms with Gasteiger partial charge in [-0.1, -0.05) is 78.6 Å². The molecule has 1 fully saturated rings. The van der Waals surface area contributed by atoms with Crippen LogP contribution in [0.25, 0.3) is 11.1 Å². The lowest BCUT2D eigenvalue weighted by atomic mass is 9.78. The minimum absolute atomic E-state index is 0.299. The summed E-state index contributed by atoms with van der Waals surface area (Å²) in [6.45, 7) is 14.7. The fourth-order valence-electron chi connectivity index (χ4n) is 5.52. The summed E-state index contributed by atoms with van der Waals surface area (Å²) in [5.74, 6) is 2.68. The van der Waals surface area contributed by atoms with E-state index in [2.05, 4.69) is 77.9 Å². The molecule has 1 aliphatic rings. The number of ether oxygens (including phenoxy) is 1. The van der Waals surface area contributed by atoms with Gasteiger partial charge in [-0.15, -0.1) is 0 Å². The van der Waals surface area contributed by atoms with E-state index in [0.29, 0.717) is 5.41 Å². The molecule has 1 aliphatic carbocycles. The normalized spacial score (nSPS) is 19.2. The van der Waals surface area contributed by atoms with Gasteiger partial charge >= 0.3 is 0 Å². The molecule has 3 rings (SSSR count). The van der Waals surface area contributed by atoms with Gasteiger partial charge in [0.25, 0.3) is 0 Å². The van der Waals surface area contributed by atoms with Gasteiger partial charge in [0.2, 0.25) is 0 Å². The van der Waals surface area contributed by atoms with E-state index >= 15 is 0 Å². The van der Waals surface area contributed by atoms with Gasteiger partial charge in [-0.3, -0.25) is 0 Å². The third kappa shape index (κ3) is 5.59. The fraction of sp³-hybridized carbons (Fsp3) is 0.613. The molecule has 0 unspecified atom stereocenters. The zero-order valence-electron chi connectivity index (χ0n) is 21.6. The second-order valence-corrected chi connectivity index (χ2v) is 10.2. The Morgan fingerprint density at radius 3 is 1.88 bits per heavy atom. The van der Waals surface area contributed by atoms with Crippen LogP contribution in [0.1, 0.15) is 109 Å². The highest BCUT2D eigenvalue weighted by atomic mass is 16.5. The van der Waals surface area contributed by atoms with Crippen LogP contribution in [0.2, 0.25) is 0 Å². The molecule has 0 bridgehead atoms. The van der Waals surface area contributed by atoms with Gasteiger partial charge in [0, 0.05) is 5.41 Å². The Morgan fingerprint density at radius 1 is 0.750 bits per heavy atom. The lowest BCUT2D eigenvalue weighted by molar-refractivity contribution is 0.127. The molecule has 1 nitrogen and oxygen atoms in total. The number of hydrogen-bond acceptors (Lipinski definition) is 1. The highest BCUT2D eigenvalue weighted by Gasteiger charge is 2.25. The van der Waals surface area contributed by atoms with Crippen molar-refractivity contribution in [1.82, 2.24) is 0 Å². The Hall–Kier alpha value is -1.76. The van der Waals surface area contributed by atoms with Crippen LogP contribution in [0.3, 0.4) is 0 Å². The summed E-state index contributed by atoms with van der Waals surface area (Å²) in [5, 5.41) is 0. The Kier molecular flexibility index (Phi) is 8.86. The quantitative estimate of drug-likeness (QED) is 0.362. The Labute approximate surface area is 198 Å². The molecule has 0 radical (unpaired) electrons. The first-order valence-electron chi connectivity index (χ1n) is 13.4. The molecule has 0 amide bonds. The molecule has 176 valence electrons. The van der Waals surface area contributed by atoms with E-state index in [9.17, 15) is 0 Å². The average molecular weight is 435 g/mol. The molecule has 32 heavy (non-hydrogen) atoms. The van der Waals surface area contributed by atoms with Crippen molar-refractivity contribution in [3.05, 3.63) is 53.1 Å². The van der Waals surface area contributed by atoms with E-state index in [0.717, 1.165) is 37.0 Å². The predicted molar refractivity (Wildman–Crippen MR) is 140 cm³/mol. The molecular formula is C31H46O. The number of aryl methyl sites for hydroxylation is 2. The van der Waals surface area contributed by atoms with E-state index in [1.54, 1.807) is 5.56 Å². The second-order valence-electron chi connectivity index (χ2n) is 10.2. The van der Waals surface area contributed by atoms with Crippen LogP contribution in [0.4, 0.5) is 0 Å². The number of hydrogen-bond donors (Lipinski definition) is 0. The zero-order chi connectivity index (χ0) is 23.1. The SMILES string of the molecule is CCc1cc(OCC(CC)(CC)CC)ccc1-c1ccc(C2CCC(C)CC2)cc1CC. The summed E-state index contributed by atoms with van der Waals surface area (Å²) in [7, 11) is 0. The molecule has 0 atom stereocenters. The Balaban J connectivity index is 1.84. The first-order valence-corrected chi connectivity index (χ1v) is 13.4. The summed E-state index contributed by atoms with van der Waals surface area (Å²) in [5.41, 5.74) is 7.54. The van der Waals surface area contributed by atoms with Crippen LogP contribution >= 0.6 is 0 Å². The van der Waals surface area contributed by atoms with E-state index in [1.807, 2.05) is 0 Å². The third-order valence-corrected chi connectivity index (χ3v) is 8.54. The van der Waals surface area contributed by atoms with Crippen molar-refractivity contribution < 1.29 is 4.74 Å². The molecule has 0 heterocycles. The summed E-state index contributed by atoms with van der Waals surface area (Å²) in [6.07, 6.45) is 11.1. The maximum atomic E-state index is 6.34. The maximum absolute atomic E-state index is 6.34. The maximum Gasteiger partial charge on any atom is 0.119 e. The van der Waals surface area contributed by atoms with Gasteiger partial charge in [0.15, 0.2) is 0 Å². The fourth-order valence-corrected chi connectivity index (χ4v) is 5.52. The highest BCUT2D eigenvalue weighted by molar-refractivity contribution is 5.72. The van der Waals surface area contributed by atoms with Crippen molar-refractivity contribution in [3.63, 3.8) is 0 Å². The molecule has 2 aromatic rings. The zero-order valence-corrected chi connectivity index (χ0v) is 21.6. The number of rotatable bonds is 10. The molecule has 0 N–H and O–H groups in total. The minimum atomic E-state index is 0.299. The van der Waals surface area contributed by atoms with Crippen LogP contribution in [-0.2, 0) is 12.8 Å². The van der Waals surface area contributed by atoms with Gasteiger partial charge in [-0.25, -0.2) is 0 Å². The monoisotopic (exact) mass is 434 g/mol. The largest absolute Gasteiger partial charge is 0.493 e. The number of benzene rings is 2. The molecule has 1 heteroatoms. The highest BCUT2D eigenvalue weighted by Crippen LogP contribution is 2.39. The van der Waals surface area contributed by atoms with Crippen molar-refractivity contribution in [2.45, 2.75) is 105 Å². The molecular weight excluding hydrogens is 388 g/mol. The van der Waals surface area contributed by atoms with Crippen LogP contribution in [0.15, 0.2) is 36.4 Å².